The van der Waals surface area contributed by atoms with Gasteiger partial charge in [0.05, 0.1) is 0 Å². The summed E-state index contributed by atoms with van der Waals surface area (Å²) in [5, 5.41) is 8.57. The van der Waals surface area contributed by atoms with Crippen molar-refractivity contribution in [3.8, 4) is 0 Å². The number of rotatable bonds is 5. The van der Waals surface area contributed by atoms with E-state index in [0.29, 0.717) is 12.3 Å². The molecule has 5 heteroatoms. The van der Waals surface area contributed by atoms with Gasteiger partial charge in [-0.15, -0.1) is 0 Å². The summed E-state index contributed by atoms with van der Waals surface area (Å²) in [5.74, 6) is 0.182. The molecular formula is C6H14N2O2S. The second kappa shape index (κ2) is 4.58. The lowest BCUT2D eigenvalue weighted by atomic mass is 10.1. The highest BCUT2D eigenvalue weighted by atomic mass is 32.2. The zero-order chi connectivity index (χ0) is 8.91. The van der Waals surface area contributed by atoms with Crippen LogP contribution in [0.15, 0.2) is 0 Å². The summed E-state index contributed by atoms with van der Waals surface area (Å²) < 4.78 is 0. The molecule has 0 saturated carbocycles. The molecule has 1 atom stereocenters. The van der Waals surface area contributed by atoms with E-state index in [0.717, 1.165) is 5.75 Å². The van der Waals surface area contributed by atoms with Crippen molar-refractivity contribution in [2.45, 2.75) is 12.5 Å². The van der Waals surface area contributed by atoms with E-state index < -0.39 is 11.5 Å². The van der Waals surface area contributed by atoms with E-state index in [1.165, 1.54) is 18.7 Å². The van der Waals surface area contributed by atoms with E-state index in [9.17, 15) is 4.79 Å². The largest absolute Gasteiger partial charge is 0.480 e. The van der Waals surface area contributed by atoms with Crippen LogP contribution >= 0.6 is 11.8 Å². The quantitative estimate of drug-likeness (QED) is 0.493. The van der Waals surface area contributed by atoms with E-state index in [-0.39, 0.29) is 0 Å². The Hall–Kier alpha value is -0.260. The SMILES string of the molecule is CC(N)(CSCCN)C(=O)O. The Labute approximate surface area is 70.3 Å². The van der Waals surface area contributed by atoms with Crippen LogP contribution in [0.1, 0.15) is 6.92 Å². The van der Waals surface area contributed by atoms with Gasteiger partial charge in [-0.1, -0.05) is 0 Å². The summed E-state index contributed by atoms with van der Waals surface area (Å²) in [6.07, 6.45) is 0. The lowest BCUT2D eigenvalue weighted by Crippen LogP contribution is -2.47. The maximum atomic E-state index is 10.4. The van der Waals surface area contributed by atoms with Crippen LogP contribution in [0.3, 0.4) is 0 Å². The van der Waals surface area contributed by atoms with Gasteiger partial charge in [0.15, 0.2) is 0 Å². The third kappa shape index (κ3) is 4.23. The van der Waals surface area contributed by atoms with Crippen molar-refractivity contribution in [3.05, 3.63) is 0 Å². The first kappa shape index (κ1) is 10.7. The van der Waals surface area contributed by atoms with Crippen LogP contribution in [-0.4, -0.2) is 34.7 Å². The van der Waals surface area contributed by atoms with Gasteiger partial charge < -0.3 is 16.6 Å². The van der Waals surface area contributed by atoms with Crippen LogP contribution in [0, 0.1) is 0 Å². The first-order chi connectivity index (χ1) is 5.00. The number of nitrogens with two attached hydrogens (primary N) is 2. The fourth-order valence-corrected chi connectivity index (χ4v) is 1.29. The minimum absolute atomic E-state index is 0.402. The average Bonchev–Trinajstić information content (AvgIpc) is 1.88. The van der Waals surface area contributed by atoms with Gasteiger partial charge in [-0.25, -0.2) is 0 Å². The predicted octanol–water partition coefficient (Wildman–Crippen LogP) is -0.520. The molecule has 0 amide bonds. The molecule has 1 unspecified atom stereocenters. The molecule has 5 N–H and O–H groups in total. The average molecular weight is 178 g/mol. The van der Waals surface area contributed by atoms with Gasteiger partial charge in [-0.3, -0.25) is 4.79 Å². The highest BCUT2D eigenvalue weighted by molar-refractivity contribution is 7.99. The van der Waals surface area contributed by atoms with Crippen molar-refractivity contribution >= 4 is 17.7 Å². The van der Waals surface area contributed by atoms with Crippen molar-refractivity contribution in [1.29, 1.82) is 0 Å². The molecule has 0 fully saturated rings. The van der Waals surface area contributed by atoms with Crippen molar-refractivity contribution in [3.63, 3.8) is 0 Å². The highest BCUT2D eigenvalue weighted by Crippen LogP contribution is 2.09. The maximum absolute atomic E-state index is 10.4. The first-order valence-electron chi connectivity index (χ1n) is 3.31. The second-order valence-corrected chi connectivity index (χ2v) is 3.67. The Morgan fingerprint density at radius 1 is 1.73 bits per heavy atom. The summed E-state index contributed by atoms with van der Waals surface area (Å²) in [5.41, 5.74) is 9.54. The summed E-state index contributed by atoms with van der Waals surface area (Å²) >= 11 is 1.46. The number of carboxylic acids is 1. The second-order valence-electron chi connectivity index (χ2n) is 2.56. The molecule has 4 nitrogen and oxygen atoms in total. The van der Waals surface area contributed by atoms with E-state index in [4.69, 9.17) is 16.6 Å². The molecule has 0 heterocycles. The Bertz CT molecular complexity index is 139. The molecule has 0 aromatic carbocycles. The van der Waals surface area contributed by atoms with Crippen molar-refractivity contribution in [2.75, 3.05) is 18.1 Å². The number of carbonyl (C=O) groups is 1. The standard InChI is InChI=1S/C6H14N2O2S/c1-6(8,5(9)10)4-11-3-2-7/h2-4,7-8H2,1H3,(H,9,10). The highest BCUT2D eigenvalue weighted by Gasteiger charge is 2.27. The van der Waals surface area contributed by atoms with Gasteiger partial charge in [0, 0.05) is 18.1 Å². The summed E-state index contributed by atoms with van der Waals surface area (Å²) in [4.78, 5) is 10.4. The Kier molecular flexibility index (Phi) is 4.48. The lowest BCUT2D eigenvalue weighted by Gasteiger charge is -2.17. The minimum atomic E-state index is -1.13. The normalized spacial score (nSPS) is 15.9. The smallest absolute Gasteiger partial charge is 0.324 e. The lowest BCUT2D eigenvalue weighted by molar-refractivity contribution is -0.141. The van der Waals surface area contributed by atoms with E-state index in [2.05, 4.69) is 0 Å². The molecule has 0 bridgehead atoms. The zero-order valence-electron chi connectivity index (χ0n) is 6.54. The topological polar surface area (TPSA) is 89.3 Å². The van der Waals surface area contributed by atoms with Crippen molar-refractivity contribution < 1.29 is 9.90 Å². The molecule has 0 spiro atoms. The molecule has 0 aliphatic heterocycles. The molecule has 0 saturated heterocycles. The van der Waals surface area contributed by atoms with Gasteiger partial charge in [-0.05, 0) is 6.92 Å². The molecule has 0 aromatic rings. The van der Waals surface area contributed by atoms with Gasteiger partial charge in [0.25, 0.3) is 0 Å². The number of hydrogen-bond donors (Lipinski definition) is 3. The minimum Gasteiger partial charge on any atom is -0.480 e. The van der Waals surface area contributed by atoms with Crippen LogP contribution < -0.4 is 11.5 Å². The fraction of sp³-hybridized carbons (Fsp3) is 0.833. The number of hydrogen-bond acceptors (Lipinski definition) is 4. The Morgan fingerprint density at radius 3 is 2.64 bits per heavy atom. The molecule has 0 aliphatic rings. The molecule has 11 heavy (non-hydrogen) atoms. The van der Waals surface area contributed by atoms with Crippen LogP contribution in [0.2, 0.25) is 0 Å². The Morgan fingerprint density at radius 2 is 2.27 bits per heavy atom. The van der Waals surface area contributed by atoms with Crippen LogP contribution in [0.5, 0.6) is 0 Å². The summed E-state index contributed by atoms with van der Waals surface area (Å²) in [6.45, 7) is 2.05. The van der Waals surface area contributed by atoms with E-state index in [1.807, 2.05) is 0 Å². The molecule has 66 valence electrons. The van der Waals surface area contributed by atoms with Gasteiger partial charge >= 0.3 is 5.97 Å². The van der Waals surface area contributed by atoms with Crippen LogP contribution in [0.4, 0.5) is 0 Å². The fourth-order valence-electron chi connectivity index (χ4n) is 0.429. The monoisotopic (exact) mass is 178 g/mol. The molecule has 0 radical (unpaired) electrons. The van der Waals surface area contributed by atoms with Gasteiger partial charge in [0.2, 0.25) is 0 Å². The van der Waals surface area contributed by atoms with Crippen molar-refractivity contribution in [2.24, 2.45) is 11.5 Å². The van der Waals surface area contributed by atoms with Crippen LogP contribution in [0.25, 0.3) is 0 Å². The molecule has 0 rings (SSSR count). The zero-order valence-corrected chi connectivity index (χ0v) is 7.36. The van der Waals surface area contributed by atoms with E-state index >= 15 is 0 Å². The van der Waals surface area contributed by atoms with Gasteiger partial charge in [-0.2, -0.15) is 11.8 Å². The third-order valence-corrected chi connectivity index (χ3v) is 2.48. The molecular weight excluding hydrogens is 164 g/mol. The number of carboxylic acid groups (broad SMARTS) is 1. The van der Waals surface area contributed by atoms with Crippen molar-refractivity contribution in [1.82, 2.24) is 0 Å². The van der Waals surface area contributed by atoms with E-state index in [1.54, 1.807) is 0 Å². The number of aliphatic carboxylic acids is 1. The molecule has 0 aliphatic carbocycles. The predicted molar refractivity (Wildman–Crippen MR) is 46.6 cm³/mol. The van der Waals surface area contributed by atoms with Gasteiger partial charge in [0.1, 0.15) is 5.54 Å². The molecule has 0 aromatic heterocycles. The number of thioether (sulfide) groups is 1. The summed E-state index contributed by atoms with van der Waals surface area (Å²) in [6, 6.07) is 0. The first-order valence-corrected chi connectivity index (χ1v) is 4.46. The summed E-state index contributed by atoms with van der Waals surface area (Å²) in [7, 11) is 0. The maximum Gasteiger partial charge on any atom is 0.324 e. The Balaban J connectivity index is 3.64. The van der Waals surface area contributed by atoms with Crippen LogP contribution in [-0.2, 0) is 4.79 Å². The third-order valence-electron chi connectivity index (χ3n) is 1.15.